The number of H-pyrrole nitrogens is 1. The predicted molar refractivity (Wildman–Crippen MR) is 87.8 cm³/mol. The van der Waals surface area contributed by atoms with Crippen molar-refractivity contribution in [2.45, 2.75) is 54.0 Å². The number of nitrogens with two attached hydrogens (primary N) is 1. The predicted octanol–water partition coefficient (Wildman–Crippen LogP) is 2.01. The number of hydrogen-bond acceptors (Lipinski definition) is 4. The Morgan fingerprint density at radius 3 is 2.48 bits per heavy atom. The monoisotopic (exact) mass is 296 g/mol. The van der Waals surface area contributed by atoms with Gasteiger partial charge in [-0.1, -0.05) is 41.0 Å². The number of rotatable bonds is 6. The summed E-state index contributed by atoms with van der Waals surface area (Å²) in [4.78, 5) is 26.1. The van der Waals surface area contributed by atoms with E-state index in [-0.39, 0.29) is 11.2 Å². The number of unbranched alkanes of at least 4 members (excludes halogenated alkanes) is 1. The van der Waals surface area contributed by atoms with Crippen LogP contribution in [-0.4, -0.2) is 16.1 Å². The third-order valence-corrected chi connectivity index (χ3v) is 4.04. The highest BCUT2D eigenvalue weighted by Crippen LogP contribution is 2.25. The SMILES string of the molecule is CCCCn1c(N)c(NCC(C)C(C)(C)C)c(=O)[nH]c1=O. The Kier molecular flexibility index (Phi) is 5.63. The molecule has 21 heavy (non-hydrogen) atoms. The summed E-state index contributed by atoms with van der Waals surface area (Å²) in [6.45, 7) is 11.7. The molecule has 120 valence electrons. The maximum Gasteiger partial charge on any atom is 0.330 e. The quantitative estimate of drug-likeness (QED) is 0.748. The van der Waals surface area contributed by atoms with Crippen molar-refractivity contribution in [3.05, 3.63) is 20.8 Å². The summed E-state index contributed by atoms with van der Waals surface area (Å²) in [6.07, 6.45) is 1.79. The molecule has 6 nitrogen and oxygen atoms in total. The average molecular weight is 296 g/mol. The lowest BCUT2D eigenvalue weighted by Crippen LogP contribution is -2.35. The highest BCUT2D eigenvalue weighted by atomic mass is 16.2. The van der Waals surface area contributed by atoms with Gasteiger partial charge in [-0.15, -0.1) is 0 Å². The van der Waals surface area contributed by atoms with Crippen LogP contribution in [0.5, 0.6) is 0 Å². The molecule has 1 rings (SSSR count). The second-order valence-electron chi connectivity index (χ2n) is 6.67. The lowest BCUT2D eigenvalue weighted by molar-refractivity contribution is 0.274. The summed E-state index contributed by atoms with van der Waals surface area (Å²) in [5.74, 6) is 0.575. The van der Waals surface area contributed by atoms with Crippen LogP contribution in [0.3, 0.4) is 0 Å². The molecule has 0 aliphatic rings. The van der Waals surface area contributed by atoms with Gasteiger partial charge in [0.2, 0.25) is 0 Å². The summed E-state index contributed by atoms with van der Waals surface area (Å²) >= 11 is 0. The topological polar surface area (TPSA) is 92.9 Å². The standard InChI is InChI=1S/C15H28N4O2/c1-6-7-8-19-12(16)11(13(20)18-14(19)21)17-9-10(2)15(3,4)5/h10,17H,6-9,16H2,1-5H3,(H,18,20,21). The molecule has 1 unspecified atom stereocenters. The molecule has 0 spiro atoms. The van der Waals surface area contributed by atoms with Crippen molar-refractivity contribution in [2.24, 2.45) is 11.3 Å². The Morgan fingerprint density at radius 2 is 1.95 bits per heavy atom. The summed E-state index contributed by atoms with van der Waals surface area (Å²) in [5, 5.41) is 3.10. The van der Waals surface area contributed by atoms with E-state index >= 15 is 0 Å². The highest BCUT2D eigenvalue weighted by Gasteiger charge is 2.21. The fourth-order valence-electron chi connectivity index (χ4n) is 1.86. The molecule has 1 atom stereocenters. The molecule has 0 bridgehead atoms. The van der Waals surface area contributed by atoms with Gasteiger partial charge >= 0.3 is 5.69 Å². The number of aromatic amines is 1. The molecule has 0 radical (unpaired) electrons. The molecule has 0 saturated carbocycles. The maximum absolute atomic E-state index is 11.9. The first-order valence-corrected chi connectivity index (χ1v) is 7.55. The molecular weight excluding hydrogens is 268 g/mol. The minimum Gasteiger partial charge on any atom is -0.383 e. The van der Waals surface area contributed by atoms with Crippen molar-refractivity contribution >= 4 is 11.5 Å². The summed E-state index contributed by atoms with van der Waals surface area (Å²) < 4.78 is 1.43. The first kappa shape index (κ1) is 17.3. The number of nitrogen functional groups attached to an aromatic ring is 1. The summed E-state index contributed by atoms with van der Waals surface area (Å²) in [5.41, 5.74) is 5.53. The molecule has 0 aliphatic heterocycles. The van der Waals surface area contributed by atoms with Gasteiger partial charge in [-0.05, 0) is 17.8 Å². The molecule has 4 N–H and O–H groups in total. The van der Waals surface area contributed by atoms with E-state index in [4.69, 9.17) is 5.73 Å². The second-order valence-corrected chi connectivity index (χ2v) is 6.67. The summed E-state index contributed by atoms with van der Waals surface area (Å²) in [6, 6.07) is 0. The zero-order valence-electron chi connectivity index (χ0n) is 13.7. The minimum absolute atomic E-state index is 0.130. The van der Waals surface area contributed by atoms with Gasteiger partial charge in [-0.2, -0.15) is 0 Å². The van der Waals surface area contributed by atoms with Crippen LogP contribution in [0, 0.1) is 11.3 Å². The van der Waals surface area contributed by atoms with Gasteiger partial charge in [0.25, 0.3) is 5.56 Å². The van der Waals surface area contributed by atoms with Crippen LogP contribution in [0.1, 0.15) is 47.5 Å². The average Bonchev–Trinajstić information content (AvgIpc) is 2.36. The Balaban J connectivity index is 3.02. The van der Waals surface area contributed by atoms with E-state index < -0.39 is 11.2 Å². The van der Waals surface area contributed by atoms with E-state index in [9.17, 15) is 9.59 Å². The Morgan fingerprint density at radius 1 is 1.33 bits per heavy atom. The Bertz CT molecular complexity index is 581. The van der Waals surface area contributed by atoms with Crippen LogP contribution < -0.4 is 22.3 Å². The third kappa shape index (κ3) is 4.37. The second kappa shape index (κ2) is 6.83. The van der Waals surface area contributed by atoms with E-state index in [1.807, 2.05) is 6.92 Å². The van der Waals surface area contributed by atoms with Gasteiger partial charge in [-0.25, -0.2) is 4.79 Å². The highest BCUT2D eigenvalue weighted by molar-refractivity contribution is 5.60. The minimum atomic E-state index is -0.452. The first-order chi connectivity index (χ1) is 9.68. The van der Waals surface area contributed by atoms with Crippen molar-refractivity contribution < 1.29 is 0 Å². The lowest BCUT2D eigenvalue weighted by Gasteiger charge is -2.27. The first-order valence-electron chi connectivity index (χ1n) is 7.55. The summed E-state index contributed by atoms with van der Waals surface area (Å²) in [7, 11) is 0. The van der Waals surface area contributed by atoms with E-state index in [2.05, 4.69) is 38.0 Å². The van der Waals surface area contributed by atoms with Gasteiger partial charge in [0, 0.05) is 13.1 Å². The number of hydrogen-bond donors (Lipinski definition) is 3. The molecule has 6 heteroatoms. The van der Waals surface area contributed by atoms with Gasteiger partial charge in [-0.3, -0.25) is 14.3 Å². The van der Waals surface area contributed by atoms with Gasteiger partial charge in [0.15, 0.2) is 0 Å². The molecule has 0 aliphatic carbocycles. The molecule has 0 aromatic carbocycles. The van der Waals surface area contributed by atoms with Gasteiger partial charge < -0.3 is 11.1 Å². The van der Waals surface area contributed by atoms with Crippen molar-refractivity contribution in [2.75, 3.05) is 17.6 Å². The number of aromatic nitrogens is 2. The van der Waals surface area contributed by atoms with Crippen LogP contribution in [0.25, 0.3) is 0 Å². The molecule has 0 saturated heterocycles. The molecule has 1 heterocycles. The number of nitrogens with zero attached hydrogens (tertiary/aromatic N) is 1. The number of anilines is 2. The van der Waals surface area contributed by atoms with E-state index in [1.165, 1.54) is 4.57 Å². The van der Waals surface area contributed by atoms with Crippen LogP contribution in [0.4, 0.5) is 11.5 Å². The molecule has 0 amide bonds. The molecule has 1 aromatic heterocycles. The normalized spacial score (nSPS) is 13.2. The molecule has 0 fully saturated rings. The third-order valence-electron chi connectivity index (χ3n) is 4.04. The fourth-order valence-corrected chi connectivity index (χ4v) is 1.86. The maximum atomic E-state index is 11.9. The van der Waals surface area contributed by atoms with Crippen molar-refractivity contribution in [1.29, 1.82) is 0 Å². The smallest absolute Gasteiger partial charge is 0.330 e. The molecule has 1 aromatic rings. The van der Waals surface area contributed by atoms with E-state index in [1.54, 1.807) is 0 Å². The van der Waals surface area contributed by atoms with E-state index in [0.29, 0.717) is 24.7 Å². The zero-order valence-corrected chi connectivity index (χ0v) is 13.7. The van der Waals surface area contributed by atoms with E-state index in [0.717, 1.165) is 12.8 Å². The largest absolute Gasteiger partial charge is 0.383 e. The number of nitrogens with one attached hydrogen (secondary N) is 2. The van der Waals surface area contributed by atoms with Crippen molar-refractivity contribution in [3.8, 4) is 0 Å². The fraction of sp³-hybridized carbons (Fsp3) is 0.733. The lowest BCUT2D eigenvalue weighted by atomic mass is 9.82. The van der Waals surface area contributed by atoms with Crippen molar-refractivity contribution in [3.63, 3.8) is 0 Å². The van der Waals surface area contributed by atoms with Gasteiger partial charge in [0.05, 0.1) is 0 Å². The van der Waals surface area contributed by atoms with Gasteiger partial charge in [0.1, 0.15) is 11.5 Å². The van der Waals surface area contributed by atoms with Crippen LogP contribution in [0.2, 0.25) is 0 Å². The van der Waals surface area contributed by atoms with Crippen LogP contribution in [-0.2, 0) is 6.54 Å². The molecular formula is C15H28N4O2. The van der Waals surface area contributed by atoms with Crippen LogP contribution >= 0.6 is 0 Å². The van der Waals surface area contributed by atoms with Crippen LogP contribution in [0.15, 0.2) is 9.59 Å². The Hall–Kier alpha value is -1.72. The van der Waals surface area contributed by atoms with Crippen molar-refractivity contribution in [1.82, 2.24) is 9.55 Å². The Labute approximate surface area is 125 Å². The zero-order chi connectivity index (χ0) is 16.2.